The summed E-state index contributed by atoms with van der Waals surface area (Å²) in [6, 6.07) is 27.6. The van der Waals surface area contributed by atoms with Crippen LogP contribution in [0.15, 0.2) is 91.1 Å². The van der Waals surface area contributed by atoms with E-state index in [0.717, 1.165) is 42.7 Å². The highest BCUT2D eigenvalue weighted by atomic mass is 32.1. The van der Waals surface area contributed by atoms with Crippen LogP contribution < -0.4 is 5.32 Å². The van der Waals surface area contributed by atoms with Crippen molar-refractivity contribution in [2.75, 3.05) is 13.1 Å². The predicted molar refractivity (Wildman–Crippen MR) is 202 cm³/mol. The Balaban J connectivity index is 1.09. The maximum Gasteiger partial charge on any atom is 0.410 e. The van der Waals surface area contributed by atoms with Crippen molar-refractivity contribution in [1.29, 1.82) is 0 Å². The van der Waals surface area contributed by atoms with E-state index in [4.69, 9.17) is 14.5 Å². The molecule has 0 spiro atoms. The monoisotopic (exact) mass is 738 g/mol. The molecule has 1 saturated heterocycles. The molecule has 2 fully saturated rings. The van der Waals surface area contributed by atoms with E-state index in [0.29, 0.717) is 43.8 Å². The van der Waals surface area contributed by atoms with E-state index in [1.807, 2.05) is 93.6 Å². The molecule has 52 heavy (non-hydrogen) atoms. The summed E-state index contributed by atoms with van der Waals surface area (Å²) >= 11 is 2.99. The SMILES string of the molecule is CC(C)(C)OC(=O)NC1(c2ccc(-c3nc(-c4cnc(C5(O)CCN(C(=O)OCc6ccccc6)CC5)s4)sc3-c3ccccc3)cc2)CC(O)C1. The number of amides is 2. The van der Waals surface area contributed by atoms with Gasteiger partial charge in [0.05, 0.1) is 27.1 Å². The first-order chi connectivity index (χ1) is 24.9. The Morgan fingerprint density at radius 3 is 2.21 bits per heavy atom. The van der Waals surface area contributed by atoms with Crippen LogP contribution in [0.25, 0.3) is 31.6 Å². The number of piperidine rings is 1. The van der Waals surface area contributed by atoms with E-state index in [1.54, 1.807) is 22.4 Å². The summed E-state index contributed by atoms with van der Waals surface area (Å²) in [6.07, 6.45) is 1.88. The lowest BCUT2D eigenvalue weighted by molar-refractivity contribution is -0.0257. The molecular formula is C40H42N4O6S2. The van der Waals surface area contributed by atoms with Gasteiger partial charge in [0, 0.05) is 50.5 Å². The molecular weight excluding hydrogens is 697 g/mol. The largest absolute Gasteiger partial charge is 0.445 e. The highest BCUT2D eigenvalue weighted by molar-refractivity contribution is 7.23. The fourth-order valence-electron chi connectivity index (χ4n) is 6.68. The molecule has 12 heteroatoms. The number of aliphatic hydroxyl groups excluding tert-OH is 1. The number of thiazole rings is 2. The molecule has 3 aromatic carbocycles. The van der Waals surface area contributed by atoms with Crippen LogP contribution in [0.1, 0.15) is 62.6 Å². The van der Waals surface area contributed by atoms with Crippen molar-refractivity contribution in [2.24, 2.45) is 0 Å². The average molecular weight is 739 g/mol. The summed E-state index contributed by atoms with van der Waals surface area (Å²) in [5, 5.41) is 26.3. The molecule has 5 aromatic rings. The minimum atomic E-state index is -1.16. The van der Waals surface area contributed by atoms with Gasteiger partial charge in [0.15, 0.2) is 0 Å². The van der Waals surface area contributed by atoms with E-state index >= 15 is 0 Å². The highest BCUT2D eigenvalue weighted by Crippen LogP contribution is 2.46. The van der Waals surface area contributed by atoms with E-state index in [-0.39, 0.29) is 12.7 Å². The normalized spacial score (nSPS) is 19.8. The van der Waals surface area contributed by atoms with Gasteiger partial charge in [-0.25, -0.2) is 19.6 Å². The Bertz CT molecular complexity index is 2010. The second kappa shape index (κ2) is 14.4. The molecule has 2 amide bonds. The fraction of sp³-hybridized carbons (Fsp3) is 0.350. The number of aliphatic hydroxyl groups is 2. The smallest absolute Gasteiger partial charge is 0.410 e. The quantitative estimate of drug-likeness (QED) is 0.146. The molecule has 3 heterocycles. The predicted octanol–water partition coefficient (Wildman–Crippen LogP) is 8.10. The van der Waals surface area contributed by atoms with Crippen molar-refractivity contribution in [1.82, 2.24) is 20.2 Å². The maximum atomic E-state index is 12.7. The first-order valence-electron chi connectivity index (χ1n) is 17.4. The first kappa shape index (κ1) is 35.8. The molecule has 0 bridgehead atoms. The van der Waals surface area contributed by atoms with Crippen LogP contribution >= 0.6 is 22.7 Å². The number of hydrogen-bond acceptors (Lipinski definition) is 10. The fourth-order valence-corrected chi connectivity index (χ4v) is 8.87. The molecule has 1 aliphatic carbocycles. The van der Waals surface area contributed by atoms with Crippen LogP contribution in [0.2, 0.25) is 0 Å². The van der Waals surface area contributed by atoms with Crippen LogP contribution in [0.5, 0.6) is 0 Å². The van der Waals surface area contributed by atoms with Gasteiger partial charge >= 0.3 is 12.2 Å². The van der Waals surface area contributed by atoms with Crippen molar-refractivity contribution < 1.29 is 29.3 Å². The highest BCUT2D eigenvalue weighted by Gasteiger charge is 2.47. The Morgan fingerprint density at radius 1 is 0.923 bits per heavy atom. The number of likely N-dealkylation sites (tertiary alicyclic amines) is 1. The van der Waals surface area contributed by atoms with Crippen LogP contribution in [0.4, 0.5) is 9.59 Å². The number of alkyl carbamates (subject to hydrolysis) is 1. The topological polar surface area (TPSA) is 134 Å². The van der Waals surface area contributed by atoms with E-state index in [2.05, 4.69) is 22.4 Å². The van der Waals surface area contributed by atoms with Crippen molar-refractivity contribution in [2.45, 2.75) is 75.9 Å². The van der Waals surface area contributed by atoms with Gasteiger partial charge in [-0.05, 0) is 37.5 Å². The number of benzene rings is 3. The Labute approximate surface area is 311 Å². The zero-order chi connectivity index (χ0) is 36.5. The number of nitrogens with one attached hydrogen (secondary N) is 1. The van der Waals surface area contributed by atoms with E-state index < -0.39 is 28.9 Å². The molecule has 10 nitrogen and oxygen atoms in total. The van der Waals surface area contributed by atoms with E-state index in [9.17, 15) is 19.8 Å². The van der Waals surface area contributed by atoms with Crippen LogP contribution in [-0.2, 0) is 27.2 Å². The Kier molecular flexibility index (Phi) is 9.92. The average Bonchev–Trinajstić information content (AvgIpc) is 3.80. The molecule has 7 rings (SSSR count). The van der Waals surface area contributed by atoms with Gasteiger partial charge in [0.1, 0.15) is 27.8 Å². The molecule has 3 N–H and O–H groups in total. The maximum absolute atomic E-state index is 12.7. The lowest BCUT2D eigenvalue weighted by Crippen LogP contribution is -2.57. The summed E-state index contributed by atoms with van der Waals surface area (Å²) in [7, 11) is 0. The van der Waals surface area contributed by atoms with Gasteiger partial charge in [-0.1, -0.05) is 84.9 Å². The standard InChI is InChI=1S/C40H42N4O6S2/c1-38(2,3)50-36(46)43-39(22-30(45)23-39)29-16-14-27(15-17-29)32-33(28-12-8-5-9-13-28)52-34(42-32)31-24-41-35(51-31)40(48)18-20-44(21-19-40)37(47)49-25-26-10-6-4-7-11-26/h4-17,24,30,45,48H,18-23,25H2,1-3H3,(H,43,46). The third kappa shape index (κ3) is 7.75. The number of nitrogens with zero attached hydrogens (tertiary/aromatic N) is 3. The van der Waals surface area contributed by atoms with Crippen LogP contribution in [-0.4, -0.2) is 62.1 Å². The summed E-state index contributed by atoms with van der Waals surface area (Å²) < 4.78 is 11.0. The van der Waals surface area contributed by atoms with Gasteiger partial charge < -0.3 is 29.9 Å². The molecule has 1 saturated carbocycles. The van der Waals surface area contributed by atoms with Crippen LogP contribution in [0, 0.1) is 0 Å². The van der Waals surface area contributed by atoms with Crippen molar-refractivity contribution in [3.05, 3.63) is 107 Å². The number of ether oxygens (including phenoxy) is 2. The van der Waals surface area contributed by atoms with Gasteiger partial charge in [-0.3, -0.25) is 0 Å². The Morgan fingerprint density at radius 2 is 1.58 bits per heavy atom. The van der Waals surface area contributed by atoms with Crippen molar-refractivity contribution in [3.8, 4) is 31.6 Å². The summed E-state index contributed by atoms with van der Waals surface area (Å²) in [4.78, 5) is 38.7. The zero-order valence-corrected chi connectivity index (χ0v) is 31.0. The number of rotatable bonds is 8. The van der Waals surface area contributed by atoms with Crippen molar-refractivity contribution in [3.63, 3.8) is 0 Å². The van der Waals surface area contributed by atoms with Gasteiger partial charge in [0.25, 0.3) is 0 Å². The van der Waals surface area contributed by atoms with Crippen LogP contribution in [0.3, 0.4) is 0 Å². The first-order valence-corrected chi connectivity index (χ1v) is 19.0. The lowest BCUT2D eigenvalue weighted by atomic mass is 9.69. The summed E-state index contributed by atoms with van der Waals surface area (Å²) in [5.74, 6) is 0. The minimum Gasteiger partial charge on any atom is -0.445 e. The second-order valence-electron chi connectivity index (χ2n) is 14.5. The number of aromatic nitrogens is 2. The van der Waals surface area contributed by atoms with Gasteiger partial charge in [-0.2, -0.15) is 0 Å². The molecule has 1 aliphatic heterocycles. The van der Waals surface area contributed by atoms with Gasteiger partial charge in [-0.15, -0.1) is 22.7 Å². The molecule has 0 radical (unpaired) electrons. The second-order valence-corrected chi connectivity index (χ2v) is 16.5. The third-order valence-electron chi connectivity index (χ3n) is 9.45. The molecule has 0 atom stereocenters. The third-order valence-corrected chi connectivity index (χ3v) is 11.9. The molecule has 2 aromatic heterocycles. The lowest BCUT2D eigenvalue weighted by Gasteiger charge is -2.46. The molecule has 0 unspecified atom stereocenters. The number of hydrogen-bond donors (Lipinski definition) is 3. The van der Waals surface area contributed by atoms with Gasteiger partial charge in [0.2, 0.25) is 0 Å². The van der Waals surface area contributed by atoms with Crippen molar-refractivity contribution >= 4 is 34.9 Å². The number of carbonyl (C=O) groups is 2. The zero-order valence-electron chi connectivity index (χ0n) is 29.4. The molecule has 2 aliphatic rings. The summed E-state index contributed by atoms with van der Waals surface area (Å²) in [5.41, 5.74) is 2.06. The molecule has 270 valence electrons. The minimum absolute atomic E-state index is 0.206. The van der Waals surface area contributed by atoms with E-state index in [1.165, 1.54) is 11.3 Å². The summed E-state index contributed by atoms with van der Waals surface area (Å²) in [6.45, 7) is 6.40. The Hall–Kier alpha value is -4.62. The number of carbonyl (C=O) groups excluding carboxylic acids is 2.